The molecule has 0 bridgehead atoms. The van der Waals surface area contributed by atoms with Crippen molar-refractivity contribution in [2.24, 2.45) is 0 Å². The minimum atomic E-state index is -0.474. The van der Waals surface area contributed by atoms with E-state index in [4.69, 9.17) is 0 Å². The zero-order valence-electron chi connectivity index (χ0n) is 8.19. The Kier molecular flexibility index (Phi) is 3.75. The summed E-state index contributed by atoms with van der Waals surface area (Å²) in [6.07, 6.45) is 1.34. The SMILES string of the molecule is CC(C)Sc1ccc([C@H](C)O)nc1. The van der Waals surface area contributed by atoms with Crippen LogP contribution in [0.5, 0.6) is 0 Å². The molecule has 0 fully saturated rings. The molecular weight excluding hydrogens is 182 g/mol. The first-order valence-corrected chi connectivity index (χ1v) is 5.28. The van der Waals surface area contributed by atoms with Crippen LogP contribution in [-0.4, -0.2) is 15.3 Å². The topological polar surface area (TPSA) is 33.1 Å². The van der Waals surface area contributed by atoms with Gasteiger partial charge in [0.15, 0.2) is 0 Å². The highest BCUT2D eigenvalue weighted by molar-refractivity contribution is 7.99. The van der Waals surface area contributed by atoms with Gasteiger partial charge < -0.3 is 5.11 Å². The number of pyridine rings is 1. The Hall–Kier alpha value is -0.540. The van der Waals surface area contributed by atoms with Crippen molar-refractivity contribution in [3.63, 3.8) is 0 Å². The fourth-order valence-corrected chi connectivity index (χ4v) is 1.79. The summed E-state index contributed by atoms with van der Waals surface area (Å²) in [5, 5.41) is 9.80. The average molecular weight is 197 g/mol. The van der Waals surface area contributed by atoms with Crippen LogP contribution < -0.4 is 0 Å². The zero-order valence-corrected chi connectivity index (χ0v) is 9.01. The smallest absolute Gasteiger partial charge is 0.0931 e. The predicted octanol–water partition coefficient (Wildman–Crippen LogP) is 2.64. The maximum Gasteiger partial charge on any atom is 0.0931 e. The highest BCUT2D eigenvalue weighted by Crippen LogP contribution is 2.22. The van der Waals surface area contributed by atoms with E-state index in [1.165, 1.54) is 0 Å². The summed E-state index contributed by atoms with van der Waals surface area (Å²) in [7, 11) is 0. The maximum atomic E-state index is 9.23. The van der Waals surface area contributed by atoms with Gasteiger partial charge in [0.2, 0.25) is 0 Å². The van der Waals surface area contributed by atoms with E-state index in [-0.39, 0.29) is 0 Å². The molecule has 0 aromatic carbocycles. The second kappa shape index (κ2) is 4.63. The van der Waals surface area contributed by atoms with Gasteiger partial charge in [0.25, 0.3) is 0 Å². The summed E-state index contributed by atoms with van der Waals surface area (Å²) in [4.78, 5) is 5.31. The molecule has 0 unspecified atom stereocenters. The van der Waals surface area contributed by atoms with E-state index in [2.05, 4.69) is 18.8 Å². The highest BCUT2D eigenvalue weighted by atomic mass is 32.2. The van der Waals surface area contributed by atoms with Crippen molar-refractivity contribution in [1.82, 2.24) is 4.98 Å². The fourth-order valence-electron chi connectivity index (χ4n) is 0.981. The Morgan fingerprint density at radius 3 is 2.38 bits per heavy atom. The second-order valence-electron chi connectivity index (χ2n) is 3.26. The minimum absolute atomic E-state index is 0.474. The Labute approximate surface area is 83.4 Å². The van der Waals surface area contributed by atoms with E-state index in [0.717, 1.165) is 10.6 Å². The Morgan fingerprint density at radius 2 is 2.00 bits per heavy atom. The van der Waals surface area contributed by atoms with Crippen molar-refractivity contribution < 1.29 is 5.11 Å². The van der Waals surface area contributed by atoms with E-state index < -0.39 is 6.10 Å². The minimum Gasteiger partial charge on any atom is -0.387 e. The molecular formula is C10H15NOS. The maximum absolute atomic E-state index is 9.23. The molecule has 2 nitrogen and oxygen atoms in total. The predicted molar refractivity (Wildman–Crippen MR) is 55.9 cm³/mol. The van der Waals surface area contributed by atoms with Crippen molar-refractivity contribution in [2.75, 3.05) is 0 Å². The Balaban J connectivity index is 2.70. The van der Waals surface area contributed by atoms with E-state index in [1.807, 2.05) is 18.3 Å². The molecule has 13 heavy (non-hydrogen) atoms. The molecule has 1 aromatic rings. The van der Waals surface area contributed by atoms with Crippen molar-refractivity contribution in [1.29, 1.82) is 0 Å². The van der Waals surface area contributed by atoms with Crippen LogP contribution in [0.3, 0.4) is 0 Å². The van der Waals surface area contributed by atoms with Crippen LogP contribution in [0, 0.1) is 0 Å². The summed E-state index contributed by atoms with van der Waals surface area (Å²) in [5.41, 5.74) is 0.730. The fraction of sp³-hybridized carbons (Fsp3) is 0.500. The number of aliphatic hydroxyl groups is 1. The number of nitrogens with zero attached hydrogens (tertiary/aromatic N) is 1. The van der Waals surface area contributed by atoms with Crippen molar-refractivity contribution in [3.05, 3.63) is 24.0 Å². The number of aliphatic hydroxyl groups excluding tert-OH is 1. The molecule has 0 aliphatic carbocycles. The molecule has 0 aliphatic rings. The van der Waals surface area contributed by atoms with Gasteiger partial charge in [-0.05, 0) is 19.1 Å². The highest BCUT2D eigenvalue weighted by Gasteiger charge is 2.03. The first-order valence-electron chi connectivity index (χ1n) is 4.40. The molecule has 0 spiro atoms. The van der Waals surface area contributed by atoms with Crippen molar-refractivity contribution in [3.8, 4) is 0 Å². The number of hydrogen-bond acceptors (Lipinski definition) is 3. The average Bonchev–Trinajstić information content (AvgIpc) is 2.04. The molecule has 1 rings (SSSR count). The van der Waals surface area contributed by atoms with Crippen LogP contribution in [0.2, 0.25) is 0 Å². The molecule has 72 valence electrons. The molecule has 0 radical (unpaired) electrons. The third kappa shape index (κ3) is 3.36. The van der Waals surface area contributed by atoms with Crippen molar-refractivity contribution in [2.45, 2.75) is 37.0 Å². The third-order valence-electron chi connectivity index (χ3n) is 1.56. The largest absolute Gasteiger partial charge is 0.387 e. The van der Waals surface area contributed by atoms with Crippen LogP contribution >= 0.6 is 11.8 Å². The van der Waals surface area contributed by atoms with Gasteiger partial charge in [-0.3, -0.25) is 4.98 Å². The van der Waals surface area contributed by atoms with Crippen LogP contribution in [0.15, 0.2) is 23.2 Å². The monoisotopic (exact) mass is 197 g/mol. The summed E-state index contributed by atoms with van der Waals surface area (Å²) < 4.78 is 0. The Bertz CT molecular complexity index is 256. The lowest BCUT2D eigenvalue weighted by molar-refractivity contribution is 0.194. The number of thioether (sulfide) groups is 1. The normalized spacial score (nSPS) is 13.3. The van der Waals surface area contributed by atoms with Crippen LogP contribution in [0.4, 0.5) is 0 Å². The lowest BCUT2D eigenvalue weighted by atomic mass is 10.2. The van der Waals surface area contributed by atoms with Crippen LogP contribution in [-0.2, 0) is 0 Å². The molecule has 0 aliphatic heterocycles. The number of rotatable bonds is 3. The van der Waals surface area contributed by atoms with Gasteiger partial charge in [-0.15, -0.1) is 11.8 Å². The molecule has 1 N–H and O–H groups in total. The molecule has 0 saturated carbocycles. The molecule has 3 heteroatoms. The van der Waals surface area contributed by atoms with Crippen LogP contribution in [0.1, 0.15) is 32.6 Å². The van der Waals surface area contributed by atoms with E-state index in [0.29, 0.717) is 5.25 Å². The van der Waals surface area contributed by atoms with Gasteiger partial charge >= 0.3 is 0 Å². The van der Waals surface area contributed by atoms with Crippen LogP contribution in [0.25, 0.3) is 0 Å². The molecule has 0 saturated heterocycles. The second-order valence-corrected chi connectivity index (χ2v) is 4.91. The van der Waals surface area contributed by atoms with Gasteiger partial charge in [0.1, 0.15) is 0 Å². The molecule has 1 aromatic heterocycles. The van der Waals surface area contributed by atoms with Crippen molar-refractivity contribution >= 4 is 11.8 Å². The lowest BCUT2D eigenvalue weighted by Crippen LogP contribution is -1.95. The molecule has 1 atom stereocenters. The first-order chi connectivity index (χ1) is 6.09. The lowest BCUT2D eigenvalue weighted by Gasteiger charge is -2.06. The van der Waals surface area contributed by atoms with E-state index in [1.54, 1.807) is 18.7 Å². The summed E-state index contributed by atoms with van der Waals surface area (Å²) in [6.45, 7) is 6.01. The number of hydrogen-bond donors (Lipinski definition) is 1. The quantitative estimate of drug-likeness (QED) is 0.756. The molecule has 0 amide bonds. The van der Waals surface area contributed by atoms with Gasteiger partial charge in [-0.25, -0.2) is 0 Å². The van der Waals surface area contributed by atoms with Gasteiger partial charge in [-0.2, -0.15) is 0 Å². The Morgan fingerprint density at radius 1 is 1.31 bits per heavy atom. The summed E-state index contributed by atoms with van der Waals surface area (Å²) >= 11 is 1.77. The van der Waals surface area contributed by atoms with Gasteiger partial charge in [0, 0.05) is 16.3 Å². The van der Waals surface area contributed by atoms with Gasteiger partial charge in [-0.1, -0.05) is 13.8 Å². The van der Waals surface area contributed by atoms with E-state index in [9.17, 15) is 5.11 Å². The van der Waals surface area contributed by atoms with Gasteiger partial charge in [0.05, 0.1) is 11.8 Å². The first kappa shape index (κ1) is 10.5. The standard InChI is InChI=1S/C10H15NOS/c1-7(2)13-9-4-5-10(8(3)12)11-6-9/h4-8,12H,1-3H3/t8-/m0/s1. The summed E-state index contributed by atoms with van der Waals surface area (Å²) in [6, 6.07) is 3.87. The third-order valence-corrected chi connectivity index (χ3v) is 2.54. The zero-order chi connectivity index (χ0) is 9.84. The van der Waals surface area contributed by atoms with E-state index >= 15 is 0 Å². The summed E-state index contributed by atoms with van der Waals surface area (Å²) in [5.74, 6) is 0. The molecule has 1 heterocycles. The number of aromatic nitrogens is 1.